The van der Waals surface area contributed by atoms with Crippen molar-refractivity contribution in [1.29, 1.82) is 5.26 Å². The molecule has 0 saturated carbocycles. The van der Waals surface area contributed by atoms with Crippen molar-refractivity contribution in [3.63, 3.8) is 0 Å². The Balaban J connectivity index is 1.80. The maximum Gasteiger partial charge on any atom is 0.274 e. The average molecular weight is 371 g/mol. The molecule has 7 heteroatoms. The van der Waals surface area contributed by atoms with Crippen LogP contribution in [0.3, 0.4) is 0 Å². The van der Waals surface area contributed by atoms with E-state index in [9.17, 15) is 9.59 Å². The number of nitrogens with zero attached hydrogens (tertiary/aromatic N) is 3. The first-order chi connectivity index (χ1) is 13.4. The molecule has 0 aliphatic heterocycles. The van der Waals surface area contributed by atoms with E-state index in [4.69, 9.17) is 5.26 Å². The molecule has 0 atom stereocenters. The topological polar surface area (TPSA) is 108 Å². The lowest BCUT2D eigenvalue weighted by atomic mass is 10.1. The first-order valence-corrected chi connectivity index (χ1v) is 8.50. The molecule has 0 unspecified atom stereocenters. The average Bonchev–Trinajstić information content (AvgIpc) is 2.68. The van der Waals surface area contributed by atoms with E-state index in [1.165, 1.54) is 13.0 Å². The zero-order valence-corrected chi connectivity index (χ0v) is 15.4. The number of benzene rings is 2. The maximum absolute atomic E-state index is 12.5. The molecule has 0 saturated heterocycles. The van der Waals surface area contributed by atoms with Crippen molar-refractivity contribution >= 4 is 28.9 Å². The number of nitrogens with one attached hydrogen (secondary N) is 2. The number of hydrogen-bond acceptors (Lipinski definition) is 6. The van der Waals surface area contributed by atoms with Crippen molar-refractivity contribution in [3.8, 4) is 6.07 Å². The predicted molar refractivity (Wildman–Crippen MR) is 106 cm³/mol. The van der Waals surface area contributed by atoms with Crippen molar-refractivity contribution < 1.29 is 9.59 Å². The van der Waals surface area contributed by atoms with Gasteiger partial charge in [0.1, 0.15) is 17.3 Å². The van der Waals surface area contributed by atoms with E-state index in [1.54, 1.807) is 55.5 Å². The van der Waals surface area contributed by atoms with E-state index < -0.39 is 5.91 Å². The van der Waals surface area contributed by atoms with Gasteiger partial charge in [-0.15, -0.1) is 0 Å². The number of amides is 1. The molecule has 0 bridgehead atoms. The summed E-state index contributed by atoms with van der Waals surface area (Å²) in [6, 6.07) is 17.1. The highest BCUT2D eigenvalue weighted by Gasteiger charge is 2.12. The maximum atomic E-state index is 12.5. The first kappa shape index (κ1) is 18.7. The van der Waals surface area contributed by atoms with E-state index in [0.717, 1.165) is 0 Å². The van der Waals surface area contributed by atoms with Gasteiger partial charge in [-0.25, -0.2) is 9.97 Å². The van der Waals surface area contributed by atoms with Gasteiger partial charge in [0.05, 0.1) is 11.6 Å². The van der Waals surface area contributed by atoms with Crippen molar-refractivity contribution in [2.75, 3.05) is 10.6 Å². The Bertz CT molecular complexity index is 1080. The van der Waals surface area contributed by atoms with Crippen molar-refractivity contribution in [3.05, 3.63) is 77.2 Å². The van der Waals surface area contributed by atoms with E-state index >= 15 is 0 Å². The third-order valence-corrected chi connectivity index (χ3v) is 3.88. The van der Waals surface area contributed by atoms with Gasteiger partial charge in [-0.1, -0.05) is 12.1 Å². The number of ketones is 1. The molecule has 1 heterocycles. The molecule has 0 spiro atoms. The minimum absolute atomic E-state index is 0.0370. The van der Waals surface area contributed by atoms with Crippen LogP contribution >= 0.6 is 0 Å². The second kappa shape index (κ2) is 8.10. The largest absolute Gasteiger partial charge is 0.340 e. The van der Waals surface area contributed by atoms with Crippen LogP contribution in [0.15, 0.2) is 54.6 Å². The van der Waals surface area contributed by atoms with E-state index in [0.29, 0.717) is 34.1 Å². The lowest BCUT2D eigenvalue weighted by Crippen LogP contribution is -2.15. The fourth-order valence-corrected chi connectivity index (χ4v) is 2.54. The number of hydrogen-bond donors (Lipinski definition) is 2. The van der Waals surface area contributed by atoms with Gasteiger partial charge >= 0.3 is 0 Å². The van der Waals surface area contributed by atoms with Crippen LogP contribution in [0.4, 0.5) is 17.2 Å². The summed E-state index contributed by atoms with van der Waals surface area (Å²) < 4.78 is 0. The minimum Gasteiger partial charge on any atom is -0.340 e. The molecule has 3 rings (SSSR count). The zero-order chi connectivity index (χ0) is 20.1. The Morgan fingerprint density at radius 3 is 2.43 bits per heavy atom. The number of rotatable bonds is 5. The lowest BCUT2D eigenvalue weighted by Gasteiger charge is -2.10. The molecule has 2 N–H and O–H groups in total. The standard InChI is InChI=1S/C21H17N5O2/c1-13(27)16-4-3-5-18(10-16)25-20-11-19(23-14(2)24-20)21(28)26-17-8-6-15(12-22)7-9-17/h3-11H,1-2H3,(H,26,28)(H,23,24,25). The molecule has 0 aliphatic carbocycles. The molecule has 7 nitrogen and oxygen atoms in total. The van der Waals surface area contributed by atoms with Gasteiger partial charge in [0, 0.05) is 23.0 Å². The molecule has 2 aromatic carbocycles. The molecule has 138 valence electrons. The Labute approximate surface area is 162 Å². The monoisotopic (exact) mass is 371 g/mol. The molecule has 0 aliphatic rings. The smallest absolute Gasteiger partial charge is 0.274 e. The van der Waals surface area contributed by atoms with Gasteiger partial charge in [0.2, 0.25) is 0 Å². The summed E-state index contributed by atoms with van der Waals surface area (Å²) in [7, 11) is 0. The third-order valence-electron chi connectivity index (χ3n) is 3.88. The van der Waals surface area contributed by atoms with Crippen LogP contribution in [0, 0.1) is 18.3 Å². The quantitative estimate of drug-likeness (QED) is 0.660. The van der Waals surface area contributed by atoms with Gasteiger partial charge in [-0.05, 0) is 50.2 Å². The van der Waals surface area contributed by atoms with Crippen LogP contribution in [0.5, 0.6) is 0 Å². The number of carbonyl (C=O) groups is 2. The summed E-state index contributed by atoms with van der Waals surface area (Å²) in [6.45, 7) is 3.19. The van der Waals surface area contributed by atoms with Gasteiger partial charge in [0.25, 0.3) is 5.91 Å². The van der Waals surface area contributed by atoms with Gasteiger partial charge < -0.3 is 10.6 Å². The highest BCUT2D eigenvalue weighted by atomic mass is 16.2. The van der Waals surface area contributed by atoms with Crippen molar-refractivity contribution in [2.24, 2.45) is 0 Å². The summed E-state index contributed by atoms with van der Waals surface area (Å²) >= 11 is 0. The molecule has 1 amide bonds. The summed E-state index contributed by atoms with van der Waals surface area (Å²) in [5.41, 5.74) is 2.53. The van der Waals surface area contributed by atoms with Crippen LogP contribution < -0.4 is 10.6 Å². The second-order valence-electron chi connectivity index (χ2n) is 6.09. The lowest BCUT2D eigenvalue weighted by molar-refractivity contribution is 0.101. The van der Waals surface area contributed by atoms with Crippen LogP contribution in [-0.2, 0) is 0 Å². The number of nitriles is 1. The van der Waals surface area contributed by atoms with Crippen molar-refractivity contribution in [2.45, 2.75) is 13.8 Å². The zero-order valence-electron chi connectivity index (χ0n) is 15.4. The van der Waals surface area contributed by atoms with E-state index in [-0.39, 0.29) is 11.5 Å². The molecular weight excluding hydrogens is 354 g/mol. The summed E-state index contributed by atoms with van der Waals surface area (Å²) in [4.78, 5) is 32.5. The highest BCUT2D eigenvalue weighted by molar-refractivity contribution is 6.03. The van der Waals surface area contributed by atoms with Crippen LogP contribution in [0.2, 0.25) is 0 Å². The molecular formula is C21H17N5O2. The summed E-state index contributed by atoms with van der Waals surface area (Å²) in [5, 5.41) is 14.7. The fraction of sp³-hybridized carbons (Fsp3) is 0.0952. The first-order valence-electron chi connectivity index (χ1n) is 8.50. The molecule has 1 aromatic heterocycles. The molecule has 0 fully saturated rings. The van der Waals surface area contributed by atoms with Gasteiger partial charge in [-0.2, -0.15) is 5.26 Å². The number of aryl methyl sites for hydroxylation is 1. The number of aromatic nitrogens is 2. The molecule has 28 heavy (non-hydrogen) atoms. The van der Waals surface area contributed by atoms with Crippen molar-refractivity contribution in [1.82, 2.24) is 9.97 Å². The highest BCUT2D eigenvalue weighted by Crippen LogP contribution is 2.18. The number of carbonyl (C=O) groups excluding carboxylic acids is 2. The van der Waals surface area contributed by atoms with Crippen LogP contribution in [-0.4, -0.2) is 21.7 Å². The number of anilines is 3. The Hall–Kier alpha value is -4.05. The molecule has 0 radical (unpaired) electrons. The second-order valence-corrected chi connectivity index (χ2v) is 6.09. The third kappa shape index (κ3) is 4.56. The summed E-state index contributed by atoms with van der Waals surface area (Å²) in [6.07, 6.45) is 0. The van der Waals surface area contributed by atoms with Gasteiger partial charge in [0.15, 0.2) is 5.78 Å². The van der Waals surface area contributed by atoms with E-state index in [1.807, 2.05) is 6.07 Å². The summed E-state index contributed by atoms with van der Waals surface area (Å²) in [5.74, 6) is 0.441. The molecule has 3 aromatic rings. The number of Topliss-reactive ketones (excluding diaryl/α,β-unsaturated/α-hetero) is 1. The SMILES string of the molecule is CC(=O)c1cccc(Nc2cc(C(=O)Nc3ccc(C#N)cc3)nc(C)n2)c1. The normalized spacial score (nSPS) is 10.0. The van der Waals surface area contributed by atoms with Crippen LogP contribution in [0.1, 0.15) is 39.2 Å². The van der Waals surface area contributed by atoms with Gasteiger partial charge in [-0.3, -0.25) is 9.59 Å². The van der Waals surface area contributed by atoms with E-state index in [2.05, 4.69) is 20.6 Å². The Morgan fingerprint density at radius 1 is 1.00 bits per heavy atom. The Kier molecular flexibility index (Phi) is 5.42. The predicted octanol–water partition coefficient (Wildman–Crippen LogP) is 3.86. The minimum atomic E-state index is -0.393. The van der Waals surface area contributed by atoms with Crippen LogP contribution in [0.25, 0.3) is 0 Å². The fourth-order valence-electron chi connectivity index (χ4n) is 2.54. The Morgan fingerprint density at radius 2 is 1.75 bits per heavy atom.